The first-order chi connectivity index (χ1) is 9.33. The van der Waals surface area contributed by atoms with Gasteiger partial charge in [-0.25, -0.2) is 4.79 Å². The molecule has 0 aliphatic carbocycles. The Bertz CT molecular complexity index is 657. The van der Waals surface area contributed by atoms with Gasteiger partial charge in [0, 0.05) is 6.07 Å². The molecule has 0 aliphatic rings. The maximum Gasteiger partial charge on any atom is 0.346 e. The summed E-state index contributed by atoms with van der Waals surface area (Å²) in [7, 11) is 0. The zero-order chi connectivity index (χ0) is 15.4. The Morgan fingerprint density at radius 3 is 2.45 bits per heavy atom. The van der Waals surface area contributed by atoms with Gasteiger partial charge in [-0.15, -0.1) is 0 Å². The Kier molecular flexibility index (Phi) is 4.27. The van der Waals surface area contributed by atoms with Crippen LogP contribution in [0.2, 0.25) is 0 Å². The highest BCUT2D eigenvalue weighted by atomic mass is 16.6. The molecule has 0 heterocycles. The van der Waals surface area contributed by atoms with Crippen LogP contribution in [0.25, 0.3) is 5.57 Å². The first kappa shape index (κ1) is 15.0. The van der Waals surface area contributed by atoms with Gasteiger partial charge >= 0.3 is 11.7 Å². The van der Waals surface area contributed by atoms with Crippen molar-refractivity contribution in [3.63, 3.8) is 0 Å². The number of carboxylic acid groups (broad SMARTS) is 1. The molecule has 0 aromatic heterocycles. The molecule has 0 amide bonds. The Hall–Kier alpha value is -3.08. The van der Waals surface area contributed by atoms with Crippen LogP contribution in [0.3, 0.4) is 0 Å². The first-order valence-electron chi connectivity index (χ1n) is 5.40. The van der Waals surface area contributed by atoms with Crippen LogP contribution < -0.4 is 0 Å². The van der Waals surface area contributed by atoms with Crippen molar-refractivity contribution in [2.24, 2.45) is 0 Å². The minimum Gasteiger partial charge on any atom is -0.504 e. The molecular formula is C12H10N2O6. The fourth-order valence-corrected chi connectivity index (χ4v) is 1.69. The van der Waals surface area contributed by atoms with Crippen LogP contribution >= 0.6 is 0 Å². The van der Waals surface area contributed by atoms with E-state index in [4.69, 9.17) is 10.4 Å². The van der Waals surface area contributed by atoms with Gasteiger partial charge in [0.25, 0.3) is 0 Å². The number of benzene rings is 1. The second kappa shape index (κ2) is 5.71. The quantitative estimate of drug-likeness (QED) is 0.250. The molecule has 0 atom stereocenters. The predicted octanol–water partition coefficient (Wildman–Crippen LogP) is 1.78. The van der Waals surface area contributed by atoms with E-state index in [0.717, 1.165) is 12.1 Å². The number of nitro benzene ring substituents is 1. The third-order valence-corrected chi connectivity index (χ3v) is 2.60. The maximum atomic E-state index is 10.9. The number of nitriles is 1. The molecule has 0 unspecified atom stereocenters. The zero-order valence-corrected chi connectivity index (χ0v) is 10.3. The summed E-state index contributed by atoms with van der Waals surface area (Å²) < 4.78 is 0. The highest BCUT2D eigenvalue weighted by Crippen LogP contribution is 2.39. The molecule has 8 nitrogen and oxygen atoms in total. The van der Waals surface area contributed by atoms with E-state index >= 15 is 0 Å². The highest BCUT2D eigenvalue weighted by molar-refractivity contribution is 6.00. The molecule has 0 radical (unpaired) electrons. The van der Waals surface area contributed by atoms with Crippen LogP contribution in [0.5, 0.6) is 11.5 Å². The number of phenolic OH excluding ortho intramolecular Hbond substituents is 2. The number of carbonyl (C=O) groups is 1. The van der Waals surface area contributed by atoms with E-state index in [1.165, 1.54) is 6.07 Å². The minimum atomic E-state index is -1.47. The number of aromatic hydroxyl groups is 2. The fourth-order valence-electron chi connectivity index (χ4n) is 1.69. The second-order valence-electron chi connectivity index (χ2n) is 3.74. The summed E-state index contributed by atoms with van der Waals surface area (Å²) in [5.74, 6) is -3.15. The van der Waals surface area contributed by atoms with Gasteiger partial charge in [-0.2, -0.15) is 5.26 Å². The van der Waals surface area contributed by atoms with E-state index in [9.17, 15) is 25.1 Å². The van der Waals surface area contributed by atoms with E-state index in [0.29, 0.717) is 0 Å². The third-order valence-electron chi connectivity index (χ3n) is 2.60. The molecule has 1 rings (SSSR count). The summed E-state index contributed by atoms with van der Waals surface area (Å²) in [5.41, 5.74) is -1.33. The van der Waals surface area contributed by atoms with Crippen LogP contribution in [-0.4, -0.2) is 26.2 Å². The summed E-state index contributed by atoms with van der Waals surface area (Å²) in [5, 5.41) is 47.3. The maximum absolute atomic E-state index is 10.9. The van der Waals surface area contributed by atoms with Gasteiger partial charge in [-0.05, 0) is 23.6 Å². The van der Waals surface area contributed by atoms with Crippen molar-refractivity contribution in [1.29, 1.82) is 5.26 Å². The second-order valence-corrected chi connectivity index (χ2v) is 3.74. The van der Waals surface area contributed by atoms with Gasteiger partial charge < -0.3 is 15.3 Å². The molecule has 1 aromatic rings. The van der Waals surface area contributed by atoms with Gasteiger partial charge in [-0.3, -0.25) is 10.1 Å². The monoisotopic (exact) mass is 278 g/mol. The lowest BCUT2D eigenvalue weighted by Gasteiger charge is -2.08. The number of hydrogen-bond donors (Lipinski definition) is 3. The van der Waals surface area contributed by atoms with Crippen molar-refractivity contribution in [3.8, 4) is 17.6 Å². The topological polar surface area (TPSA) is 145 Å². The number of nitrogens with zero attached hydrogens (tertiary/aromatic N) is 2. The average Bonchev–Trinajstić information content (AvgIpc) is 2.38. The number of aliphatic carboxylic acids is 1. The molecule has 0 bridgehead atoms. The molecule has 1 aromatic carbocycles. The third kappa shape index (κ3) is 2.67. The molecule has 104 valence electrons. The van der Waals surface area contributed by atoms with Crippen molar-refractivity contribution < 1.29 is 25.0 Å². The SMILES string of the molecule is CCC(=C(C#N)C(=O)O)c1cc(O)c(O)c([N+](=O)[O-])c1. The Labute approximate surface area is 113 Å². The Balaban J connectivity index is 3.66. The molecule has 3 N–H and O–H groups in total. The summed E-state index contributed by atoms with van der Waals surface area (Å²) in [4.78, 5) is 20.8. The number of nitro groups is 1. The van der Waals surface area contributed by atoms with Crippen LogP contribution in [0.4, 0.5) is 5.69 Å². The molecule has 0 saturated heterocycles. The predicted molar refractivity (Wildman–Crippen MR) is 66.9 cm³/mol. The number of allylic oxidation sites excluding steroid dienone is 1. The van der Waals surface area contributed by atoms with Gasteiger partial charge in [0.15, 0.2) is 5.75 Å². The normalized spacial score (nSPS) is 11.4. The molecule has 8 heteroatoms. The fraction of sp³-hybridized carbons (Fsp3) is 0.167. The molecule has 0 aliphatic heterocycles. The van der Waals surface area contributed by atoms with Gasteiger partial charge in [0.1, 0.15) is 11.6 Å². The minimum absolute atomic E-state index is 0.00606. The van der Waals surface area contributed by atoms with E-state index in [1.807, 2.05) is 0 Å². The van der Waals surface area contributed by atoms with E-state index in [2.05, 4.69) is 0 Å². The van der Waals surface area contributed by atoms with Crippen LogP contribution in [0.15, 0.2) is 17.7 Å². The van der Waals surface area contributed by atoms with Crippen molar-refractivity contribution in [2.75, 3.05) is 0 Å². The summed E-state index contributed by atoms with van der Waals surface area (Å²) in [6.45, 7) is 1.56. The van der Waals surface area contributed by atoms with E-state index in [1.54, 1.807) is 6.92 Å². The van der Waals surface area contributed by atoms with Crippen molar-refractivity contribution >= 4 is 17.2 Å². The summed E-state index contributed by atoms with van der Waals surface area (Å²) in [6, 6.07) is 3.38. The van der Waals surface area contributed by atoms with Gasteiger partial charge in [0.2, 0.25) is 5.75 Å². The molecule has 20 heavy (non-hydrogen) atoms. The molecular weight excluding hydrogens is 268 g/mol. The zero-order valence-electron chi connectivity index (χ0n) is 10.3. The summed E-state index contributed by atoms with van der Waals surface area (Å²) in [6.07, 6.45) is 0.108. The lowest BCUT2D eigenvalue weighted by Crippen LogP contribution is -2.02. The van der Waals surface area contributed by atoms with Crippen molar-refractivity contribution in [2.45, 2.75) is 13.3 Å². The van der Waals surface area contributed by atoms with Crippen molar-refractivity contribution in [1.82, 2.24) is 0 Å². The largest absolute Gasteiger partial charge is 0.504 e. The van der Waals surface area contributed by atoms with E-state index in [-0.39, 0.29) is 17.6 Å². The standard InChI is InChI=1S/C12H10N2O6/c1-2-7(8(5-13)12(17)18)6-3-9(14(19)20)11(16)10(15)4-6/h3-4,15-16H,2H2,1H3,(H,17,18). The van der Waals surface area contributed by atoms with Crippen LogP contribution in [0, 0.1) is 21.4 Å². The number of rotatable bonds is 4. The average molecular weight is 278 g/mol. The smallest absolute Gasteiger partial charge is 0.346 e. The van der Waals surface area contributed by atoms with Crippen LogP contribution in [-0.2, 0) is 4.79 Å². The van der Waals surface area contributed by atoms with Crippen molar-refractivity contribution in [3.05, 3.63) is 33.4 Å². The molecule has 0 saturated carbocycles. The number of phenols is 2. The molecule has 0 fully saturated rings. The van der Waals surface area contributed by atoms with Gasteiger partial charge in [0.05, 0.1) is 4.92 Å². The van der Waals surface area contributed by atoms with E-state index < -0.39 is 33.7 Å². The lowest BCUT2D eigenvalue weighted by molar-refractivity contribution is -0.386. The first-order valence-corrected chi connectivity index (χ1v) is 5.40. The van der Waals surface area contributed by atoms with Crippen LogP contribution in [0.1, 0.15) is 18.9 Å². The Morgan fingerprint density at radius 2 is 2.05 bits per heavy atom. The number of carboxylic acids is 1. The molecule has 0 spiro atoms. The lowest BCUT2D eigenvalue weighted by atomic mass is 9.97. The summed E-state index contributed by atoms with van der Waals surface area (Å²) >= 11 is 0. The van der Waals surface area contributed by atoms with Gasteiger partial charge in [-0.1, -0.05) is 6.92 Å². The number of hydrogen-bond acceptors (Lipinski definition) is 6. The highest BCUT2D eigenvalue weighted by Gasteiger charge is 2.22. The Morgan fingerprint density at radius 1 is 1.45 bits per heavy atom.